The van der Waals surface area contributed by atoms with Gasteiger partial charge in [-0.2, -0.15) is 0 Å². The Kier molecular flexibility index (Phi) is 2.98. The first-order valence-corrected chi connectivity index (χ1v) is 4.56. The molecule has 1 unspecified atom stereocenters. The smallest absolute Gasteiger partial charge is 0.0975 e. The van der Waals surface area contributed by atoms with E-state index in [1.54, 1.807) is 0 Å². The summed E-state index contributed by atoms with van der Waals surface area (Å²) >= 11 is 0. The van der Waals surface area contributed by atoms with E-state index in [1.807, 2.05) is 27.7 Å². The molecule has 72 valence electrons. The van der Waals surface area contributed by atoms with E-state index in [1.165, 1.54) is 0 Å². The van der Waals surface area contributed by atoms with Crippen LogP contribution >= 0.6 is 0 Å². The molecular formula is C10H16N2O. The van der Waals surface area contributed by atoms with E-state index in [0.717, 1.165) is 17.1 Å². The lowest BCUT2D eigenvalue weighted by Gasteiger charge is -2.11. The standard InChI is InChI=1S/C10H16N2O/c1-5-9(13)10-8(4)11-6(2)7(3)12-10/h9,13H,5H2,1-4H3. The van der Waals surface area contributed by atoms with Crippen LogP contribution in [0.5, 0.6) is 0 Å². The number of rotatable bonds is 2. The highest BCUT2D eigenvalue weighted by molar-refractivity contribution is 5.19. The zero-order valence-electron chi connectivity index (χ0n) is 8.63. The van der Waals surface area contributed by atoms with Gasteiger partial charge < -0.3 is 5.11 Å². The van der Waals surface area contributed by atoms with Crippen LogP contribution in [0.1, 0.15) is 42.2 Å². The molecule has 0 fully saturated rings. The summed E-state index contributed by atoms with van der Waals surface area (Å²) in [6.45, 7) is 7.65. The highest BCUT2D eigenvalue weighted by atomic mass is 16.3. The van der Waals surface area contributed by atoms with Crippen molar-refractivity contribution in [2.75, 3.05) is 0 Å². The van der Waals surface area contributed by atoms with Crippen molar-refractivity contribution in [2.24, 2.45) is 0 Å². The summed E-state index contributed by atoms with van der Waals surface area (Å²) in [6, 6.07) is 0. The molecule has 1 aromatic rings. The van der Waals surface area contributed by atoms with Crippen LogP contribution in [0.25, 0.3) is 0 Å². The fraction of sp³-hybridized carbons (Fsp3) is 0.600. The Balaban J connectivity index is 3.15. The SMILES string of the molecule is CCC(O)c1nc(C)c(C)nc1C. The molecule has 0 spiro atoms. The molecule has 0 radical (unpaired) electrons. The zero-order valence-corrected chi connectivity index (χ0v) is 8.63. The van der Waals surface area contributed by atoms with Crippen LogP contribution in [0, 0.1) is 20.8 Å². The van der Waals surface area contributed by atoms with Gasteiger partial charge >= 0.3 is 0 Å². The van der Waals surface area contributed by atoms with Gasteiger partial charge in [-0.05, 0) is 27.2 Å². The molecule has 0 aromatic carbocycles. The average Bonchev–Trinajstić information content (AvgIpc) is 2.10. The normalized spacial score (nSPS) is 13.0. The van der Waals surface area contributed by atoms with Crippen LogP contribution in [0.4, 0.5) is 0 Å². The van der Waals surface area contributed by atoms with E-state index in [2.05, 4.69) is 9.97 Å². The zero-order chi connectivity index (χ0) is 10.0. The monoisotopic (exact) mass is 180 g/mol. The van der Waals surface area contributed by atoms with Gasteiger partial charge in [0.2, 0.25) is 0 Å². The van der Waals surface area contributed by atoms with Crippen LogP contribution in [0.2, 0.25) is 0 Å². The second-order valence-corrected chi connectivity index (χ2v) is 3.29. The van der Waals surface area contributed by atoms with Crippen molar-refractivity contribution in [3.63, 3.8) is 0 Å². The lowest BCUT2D eigenvalue weighted by atomic mass is 10.1. The van der Waals surface area contributed by atoms with Crippen molar-refractivity contribution in [3.05, 3.63) is 22.8 Å². The summed E-state index contributed by atoms with van der Waals surface area (Å²) in [7, 11) is 0. The number of aliphatic hydroxyl groups is 1. The number of hydrogen-bond donors (Lipinski definition) is 1. The van der Waals surface area contributed by atoms with Gasteiger partial charge in [-0.15, -0.1) is 0 Å². The van der Waals surface area contributed by atoms with Gasteiger partial charge in [-0.1, -0.05) is 6.92 Å². The Morgan fingerprint density at radius 1 is 1.08 bits per heavy atom. The quantitative estimate of drug-likeness (QED) is 0.755. The minimum absolute atomic E-state index is 0.480. The number of hydrogen-bond acceptors (Lipinski definition) is 3. The van der Waals surface area contributed by atoms with E-state index in [0.29, 0.717) is 12.1 Å². The molecule has 1 atom stereocenters. The van der Waals surface area contributed by atoms with Crippen LogP contribution in [-0.2, 0) is 0 Å². The third-order valence-corrected chi connectivity index (χ3v) is 2.22. The molecule has 0 aliphatic rings. The molecule has 3 nitrogen and oxygen atoms in total. The number of aromatic nitrogens is 2. The second-order valence-electron chi connectivity index (χ2n) is 3.29. The van der Waals surface area contributed by atoms with E-state index in [-0.39, 0.29) is 0 Å². The molecular weight excluding hydrogens is 164 g/mol. The average molecular weight is 180 g/mol. The summed E-state index contributed by atoms with van der Waals surface area (Å²) in [5.74, 6) is 0. The second kappa shape index (κ2) is 3.83. The first-order valence-electron chi connectivity index (χ1n) is 4.56. The summed E-state index contributed by atoms with van der Waals surface area (Å²) in [4.78, 5) is 8.65. The predicted molar refractivity (Wildman–Crippen MR) is 51.5 cm³/mol. The van der Waals surface area contributed by atoms with E-state index in [4.69, 9.17) is 0 Å². The molecule has 1 heterocycles. The van der Waals surface area contributed by atoms with Crippen LogP contribution in [0.15, 0.2) is 0 Å². The Bertz CT molecular complexity index is 310. The number of aryl methyl sites for hydroxylation is 3. The molecule has 0 saturated heterocycles. The van der Waals surface area contributed by atoms with E-state index in [9.17, 15) is 5.11 Å². The number of aliphatic hydroxyl groups excluding tert-OH is 1. The van der Waals surface area contributed by atoms with Gasteiger partial charge in [0, 0.05) is 0 Å². The molecule has 3 heteroatoms. The maximum absolute atomic E-state index is 9.62. The first kappa shape index (κ1) is 10.1. The molecule has 13 heavy (non-hydrogen) atoms. The lowest BCUT2D eigenvalue weighted by Crippen LogP contribution is -2.07. The van der Waals surface area contributed by atoms with Gasteiger partial charge in [0.05, 0.1) is 28.9 Å². The molecule has 1 aromatic heterocycles. The minimum Gasteiger partial charge on any atom is -0.387 e. The summed E-state index contributed by atoms with van der Waals surface area (Å²) in [5, 5.41) is 9.62. The Labute approximate surface area is 78.9 Å². The molecule has 0 amide bonds. The van der Waals surface area contributed by atoms with Crippen molar-refractivity contribution in [1.29, 1.82) is 0 Å². The highest BCUT2D eigenvalue weighted by Gasteiger charge is 2.12. The van der Waals surface area contributed by atoms with Gasteiger partial charge in [0.1, 0.15) is 0 Å². The fourth-order valence-electron chi connectivity index (χ4n) is 1.24. The number of nitrogens with zero attached hydrogens (tertiary/aromatic N) is 2. The molecule has 0 saturated carbocycles. The third-order valence-electron chi connectivity index (χ3n) is 2.22. The maximum Gasteiger partial charge on any atom is 0.0975 e. The highest BCUT2D eigenvalue weighted by Crippen LogP contribution is 2.17. The largest absolute Gasteiger partial charge is 0.387 e. The van der Waals surface area contributed by atoms with Gasteiger partial charge in [-0.3, -0.25) is 9.97 Å². The van der Waals surface area contributed by atoms with Crippen molar-refractivity contribution in [1.82, 2.24) is 9.97 Å². The summed E-state index contributed by atoms with van der Waals surface area (Å²) < 4.78 is 0. The van der Waals surface area contributed by atoms with Crippen molar-refractivity contribution in [2.45, 2.75) is 40.2 Å². The van der Waals surface area contributed by atoms with Crippen LogP contribution < -0.4 is 0 Å². The lowest BCUT2D eigenvalue weighted by molar-refractivity contribution is 0.167. The van der Waals surface area contributed by atoms with E-state index < -0.39 is 6.10 Å². The maximum atomic E-state index is 9.62. The van der Waals surface area contributed by atoms with Gasteiger partial charge in [-0.25, -0.2) is 0 Å². The molecule has 1 N–H and O–H groups in total. The Hall–Kier alpha value is -0.960. The Morgan fingerprint density at radius 2 is 1.62 bits per heavy atom. The third kappa shape index (κ3) is 2.04. The summed E-state index contributed by atoms with van der Waals surface area (Å²) in [5.41, 5.74) is 3.38. The Morgan fingerprint density at radius 3 is 2.15 bits per heavy atom. The first-order chi connectivity index (χ1) is 6.06. The van der Waals surface area contributed by atoms with Crippen LogP contribution in [-0.4, -0.2) is 15.1 Å². The van der Waals surface area contributed by atoms with Crippen molar-refractivity contribution >= 4 is 0 Å². The molecule has 0 bridgehead atoms. The fourth-order valence-corrected chi connectivity index (χ4v) is 1.24. The minimum atomic E-state index is -0.480. The summed E-state index contributed by atoms with van der Waals surface area (Å²) in [6.07, 6.45) is 0.199. The van der Waals surface area contributed by atoms with Crippen molar-refractivity contribution in [3.8, 4) is 0 Å². The topological polar surface area (TPSA) is 46.0 Å². The predicted octanol–water partition coefficient (Wildman–Crippen LogP) is 1.85. The van der Waals surface area contributed by atoms with Crippen LogP contribution in [0.3, 0.4) is 0 Å². The van der Waals surface area contributed by atoms with E-state index >= 15 is 0 Å². The van der Waals surface area contributed by atoms with Gasteiger partial charge in [0.15, 0.2) is 0 Å². The molecule has 1 rings (SSSR count). The molecule has 0 aliphatic carbocycles. The molecule has 0 aliphatic heterocycles. The van der Waals surface area contributed by atoms with Crippen molar-refractivity contribution < 1.29 is 5.11 Å². The van der Waals surface area contributed by atoms with Gasteiger partial charge in [0.25, 0.3) is 0 Å².